The van der Waals surface area contributed by atoms with Gasteiger partial charge in [0.1, 0.15) is 18.6 Å². The number of halogens is 2. The van der Waals surface area contributed by atoms with Crippen LogP contribution in [0.15, 0.2) is 46.9 Å². The van der Waals surface area contributed by atoms with E-state index < -0.39 is 0 Å². The van der Waals surface area contributed by atoms with Crippen LogP contribution in [0.5, 0.6) is 5.75 Å². The summed E-state index contributed by atoms with van der Waals surface area (Å²) in [7, 11) is 0. The number of aldehydes is 1. The van der Waals surface area contributed by atoms with Gasteiger partial charge in [0.25, 0.3) is 0 Å². The van der Waals surface area contributed by atoms with Crippen LogP contribution in [0.4, 0.5) is 0 Å². The molecule has 0 saturated heterocycles. The quantitative estimate of drug-likeness (QED) is 0.774. The maximum Gasteiger partial charge on any atom is 0.150 e. The highest BCUT2D eigenvalue weighted by molar-refractivity contribution is 9.10. The molecule has 0 fully saturated rings. The van der Waals surface area contributed by atoms with Gasteiger partial charge in [0.05, 0.1) is 0 Å². The lowest BCUT2D eigenvalue weighted by atomic mass is 10.2. The van der Waals surface area contributed by atoms with Gasteiger partial charge in [0.15, 0.2) is 0 Å². The Balaban J connectivity index is 2.08. The van der Waals surface area contributed by atoms with E-state index in [1.807, 2.05) is 18.2 Å². The van der Waals surface area contributed by atoms with Crippen molar-refractivity contribution in [3.63, 3.8) is 0 Å². The molecule has 0 bridgehead atoms. The van der Waals surface area contributed by atoms with Gasteiger partial charge in [-0.3, -0.25) is 4.79 Å². The normalized spacial score (nSPS) is 10.1. The maximum atomic E-state index is 10.6. The predicted octanol–water partition coefficient (Wildman–Crippen LogP) is 4.49. The number of carbonyl (C=O) groups is 1. The van der Waals surface area contributed by atoms with Crippen molar-refractivity contribution in [2.75, 3.05) is 0 Å². The summed E-state index contributed by atoms with van der Waals surface area (Å²) < 4.78 is 6.53. The minimum absolute atomic E-state index is 0.369. The van der Waals surface area contributed by atoms with Gasteiger partial charge in [-0.1, -0.05) is 45.7 Å². The van der Waals surface area contributed by atoms with Crippen LogP contribution in [-0.4, -0.2) is 6.29 Å². The highest BCUT2D eigenvalue weighted by Crippen LogP contribution is 2.23. The third kappa shape index (κ3) is 3.34. The highest BCUT2D eigenvalue weighted by atomic mass is 79.9. The third-order valence-electron chi connectivity index (χ3n) is 2.40. The number of hydrogen-bond donors (Lipinski definition) is 0. The molecular weight excluding hydrogens is 316 g/mol. The second-order valence-electron chi connectivity index (χ2n) is 3.71. The summed E-state index contributed by atoms with van der Waals surface area (Å²) in [6.07, 6.45) is 0.791. The van der Waals surface area contributed by atoms with Crippen molar-refractivity contribution in [3.05, 3.63) is 63.1 Å². The summed E-state index contributed by atoms with van der Waals surface area (Å²) in [5.41, 5.74) is 1.49. The first-order valence-corrected chi connectivity index (χ1v) is 6.48. The minimum Gasteiger partial charge on any atom is -0.489 e. The van der Waals surface area contributed by atoms with Crippen LogP contribution in [0, 0.1) is 0 Å². The zero-order chi connectivity index (χ0) is 13.0. The molecule has 0 heterocycles. The second-order valence-corrected chi connectivity index (χ2v) is 5.04. The van der Waals surface area contributed by atoms with E-state index in [1.54, 1.807) is 24.3 Å². The molecule has 0 aliphatic carbocycles. The van der Waals surface area contributed by atoms with Crippen molar-refractivity contribution in [1.82, 2.24) is 0 Å². The first-order valence-electron chi connectivity index (χ1n) is 5.31. The summed E-state index contributed by atoms with van der Waals surface area (Å²) in [5, 5.41) is 0.649. The number of ether oxygens (including phenoxy) is 1. The SMILES string of the molecule is O=Cc1cccc(OCc2ccc(Br)cc2Cl)c1. The van der Waals surface area contributed by atoms with Crippen molar-refractivity contribution in [2.24, 2.45) is 0 Å². The topological polar surface area (TPSA) is 26.3 Å². The Morgan fingerprint density at radius 2 is 2.06 bits per heavy atom. The molecule has 0 aromatic heterocycles. The van der Waals surface area contributed by atoms with Crippen LogP contribution in [0.25, 0.3) is 0 Å². The molecule has 2 aromatic carbocycles. The Labute approximate surface area is 119 Å². The van der Waals surface area contributed by atoms with E-state index in [0.717, 1.165) is 16.3 Å². The molecular formula is C14H10BrClO2. The minimum atomic E-state index is 0.369. The van der Waals surface area contributed by atoms with Crippen LogP contribution in [0.3, 0.4) is 0 Å². The van der Waals surface area contributed by atoms with E-state index in [2.05, 4.69) is 15.9 Å². The van der Waals surface area contributed by atoms with E-state index in [9.17, 15) is 4.79 Å². The molecule has 18 heavy (non-hydrogen) atoms. The summed E-state index contributed by atoms with van der Waals surface area (Å²) in [6.45, 7) is 0.369. The molecule has 4 heteroatoms. The van der Waals surface area contributed by atoms with Gasteiger partial charge < -0.3 is 4.74 Å². The Morgan fingerprint density at radius 3 is 2.78 bits per heavy atom. The lowest BCUT2D eigenvalue weighted by Crippen LogP contribution is -1.96. The molecule has 2 aromatic rings. The standard InChI is InChI=1S/C14H10BrClO2/c15-12-5-4-11(14(16)7-12)9-18-13-3-1-2-10(6-13)8-17/h1-8H,9H2. The lowest BCUT2D eigenvalue weighted by Gasteiger charge is -2.08. The van der Waals surface area contributed by atoms with Crippen molar-refractivity contribution < 1.29 is 9.53 Å². The lowest BCUT2D eigenvalue weighted by molar-refractivity contribution is 0.112. The fourth-order valence-corrected chi connectivity index (χ4v) is 2.21. The van der Waals surface area contributed by atoms with Crippen LogP contribution < -0.4 is 4.74 Å². The average Bonchev–Trinajstić information content (AvgIpc) is 2.38. The van der Waals surface area contributed by atoms with E-state index >= 15 is 0 Å². The van der Waals surface area contributed by atoms with E-state index in [-0.39, 0.29) is 0 Å². The first-order chi connectivity index (χ1) is 8.69. The molecule has 0 aliphatic rings. The summed E-state index contributed by atoms with van der Waals surface area (Å²) in [5.74, 6) is 0.651. The van der Waals surface area contributed by atoms with Gasteiger partial charge in [-0.15, -0.1) is 0 Å². The molecule has 92 valence electrons. The van der Waals surface area contributed by atoms with Crippen LogP contribution >= 0.6 is 27.5 Å². The molecule has 2 rings (SSSR count). The highest BCUT2D eigenvalue weighted by Gasteiger charge is 2.02. The second kappa shape index (κ2) is 6.03. The molecule has 0 radical (unpaired) electrons. The van der Waals surface area contributed by atoms with E-state index in [0.29, 0.717) is 22.9 Å². The Bertz CT molecular complexity index is 569. The predicted molar refractivity (Wildman–Crippen MR) is 75.3 cm³/mol. The molecule has 2 nitrogen and oxygen atoms in total. The van der Waals surface area contributed by atoms with Crippen LogP contribution in [-0.2, 0) is 6.61 Å². The summed E-state index contributed by atoms with van der Waals surface area (Å²) in [4.78, 5) is 10.6. The molecule has 0 N–H and O–H groups in total. The number of carbonyl (C=O) groups excluding carboxylic acids is 1. The number of rotatable bonds is 4. The van der Waals surface area contributed by atoms with Crippen molar-refractivity contribution >= 4 is 33.8 Å². The number of hydrogen-bond acceptors (Lipinski definition) is 2. The zero-order valence-corrected chi connectivity index (χ0v) is 11.7. The molecule has 0 atom stereocenters. The van der Waals surface area contributed by atoms with Crippen molar-refractivity contribution in [2.45, 2.75) is 6.61 Å². The molecule has 0 spiro atoms. The Kier molecular flexibility index (Phi) is 4.39. The molecule has 0 aliphatic heterocycles. The molecule has 0 saturated carbocycles. The van der Waals surface area contributed by atoms with Crippen LogP contribution in [0.1, 0.15) is 15.9 Å². The maximum absolute atomic E-state index is 10.6. The van der Waals surface area contributed by atoms with Crippen molar-refractivity contribution in [1.29, 1.82) is 0 Å². The number of benzene rings is 2. The molecule has 0 unspecified atom stereocenters. The Morgan fingerprint density at radius 1 is 1.22 bits per heavy atom. The van der Waals surface area contributed by atoms with E-state index in [4.69, 9.17) is 16.3 Å². The zero-order valence-electron chi connectivity index (χ0n) is 9.40. The summed E-state index contributed by atoms with van der Waals surface area (Å²) in [6, 6.07) is 12.6. The van der Waals surface area contributed by atoms with Gasteiger partial charge >= 0.3 is 0 Å². The third-order valence-corrected chi connectivity index (χ3v) is 3.25. The first kappa shape index (κ1) is 13.1. The average molecular weight is 326 g/mol. The van der Waals surface area contributed by atoms with E-state index in [1.165, 1.54) is 0 Å². The Hall–Kier alpha value is -1.32. The largest absolute Gasteiger partial charge is 0.489 e. The van der Waals surface area contributed by atoms with Gasteiger partial charge in [0.2, 0.25) is 0 Å². The van der Waals surface area contributed by atoms with Gasteiger partial charge in [-0.05, 0) is 24.3 Å². The summed E-state index contributed by atoms with van der Waals surface area (Å²) >= 11 is 9.44. The fraction of sp³-hybridized carbons (Fsp3) is 0.0714. The van der Waals surface area contributed by atoms with Gasteiger partial charge in [-0.2, -0.15) is 0 Å². The van der Waals surface area contributed by atoms with Crippen LogP contribution in [0.2, 0.25) is 5.02 Å². The van der Waals surface area contributed by atoms with Gasteiger partial charge in [-0.25, -0.2) is 0 Å². The van der Waals surface area contributed by atoms with Gasteiger partial charge in [0, 0.05) is 20.6 Å². The smallest absolute Gasteiger partial charge is 0.150 e. The monoisotopic (exact) mass is 324 g/mol. The van der Waals surface area contributed by atoms with Crippen molar-refractivity contribution in [3.8, 4) is 5.75 Å². The molecule has 0 amide bonds. The fourth-order valence-electron chi connectivity index (χ4n) is 1.48.